The first-order valence-electron chi connectivity index (χ1n) is 12.6. The van der Waals surface area contributed by atoms with Crippen molar-refractivity contribution in [3.8, 4) is 0 Å². The van der Waals surface area contributed by atoms with Crippen LogP contribution in [0.2, 0.25) is 0 Å². The van der Waals surface area contributed by atoms with Gasteiger partial charge in [0.05, 0.1) is 17.7 Å². The lowest BCUT2D eigenvalue weighted by molar-refractivity contribution is -0.138. The number of halogens is 3. The first-order valence-corrected chi connectivity index (χ1v) is 12.6. The molecule has 3 N–H and O–H groups in total. The highest BCUT2D eigenvalue weighted by Gasteiger charge is 2.35. The number of nitrogens with one attached hydrogen (secondary N) is 1. The number of likely N-dealkylation sites (tertiary alicyclic amines) is 1. The van der Waals surface area contributed by atoms with Crippen molar-refractivity contribution in [1.82, 2.24) is 14.9 Å². The van der Waals surface area contributed by atoms with E-state index in [2.05, 4.69) is 39.2 Å². The molecule has 0 spiro atoms. The van der Waals surface area contributed by atoms with Gasteiger partial charge in [-0.05, 0) is 73.5 Å². The molecule has 37 heavy (non-hydrogen) atoms. The molecular formula is C28H32F3N5O. The Kier molecular flexibility index (Phi) is 8.43. The summed E-state index contributed by atoms with van der Waals surface area (Å²) in [6.45, 7) is 5.39. The zero-order chi connectivity index (χ0) is 26.4. The quantitative estimate of drug-likeness (QED) is 0.410. The number of aromatic nitrogens is 2. The summed E-state index contributed by atoms with van der Waals surface area (Å²) in [6, 6.07) is 15.1. The van der Waals surface area contributed by atoms with Crippen molar-refractivity contribution in [2.75, 3.05) is 25.0 Å². The highest BCUT2D eigenvalue weighted by molar-refractivity contribution is 5.77. The molecule has 1 unspecified atom stereocenters. The Hall–Kier alpha value is -3.46. The Morgan fingerprint density at radius 2 is 1.84 bits per heavy atom. The van der Waals surface area contributed by atoms with E-state index in [1.54, 1.807) is 24.3 Å². The van der Waals surface area contributed by atoms with Crippen LogP contribution in [0.15, 0.2) is 54.7 Å². The summed E-state index contributed by atoms with van der Waals surface area (Å²) in [5.74, 6) is 0.0965. The van der Waals surface area contributed by atoms with Crippen molar-refractivity contribution in [2.45, 2.75) is 51.1 Å². The highest BCUT2D eigenvalue weighted by Crippen LogP contribution is 2.33. The van der Waals surface area contributed by atoms with Crippen LogP contribution in [0.3, 0.4) is 0 Å². The van der Waals surface area contributed by atoms with E-state index in [4.69, 9.17) is 5.73 Å². The second-order valence-corrected chi connectivity index (χ2v) is 9.44. The Morgan fingerprint density at radius 1 is 1.11 bits per heavy atom. The lowest BCUT2D eigenvalue weighted by atomic mass is 9.90. The molecule has 0 radical (unpaired) electrons. The van der Waals surface area contributed by atoms with E-state index in [1.165, 1.54) is 12.0 Å². The molecule has 9 heteroatoms. The maximum Gasteiger partial charge on any atom is 0.419 e. The van der Waals surface area contributed by atoms with E-state index < -0.39 is 17.6 Å². The van der Waals surface area contributed by atoms with Crippen LogP contribution in [-0.2, 0) is 30.2 Å². The number of rotatable bonds is 9. The van der Waals surface area contributed by atoms with Gasteiger partial charge in [0.2, 0.25) is 11.9 Å². The van der Waals surface area contributed by atoms with Gasteiger partial charge in [0.15, 0.2) is 0 Å². The van der Waals surface area contributed by atoms with Gasteiger partial charge >= 0.3 is 6.18 Å². The number of benzene rings is 2. The van der Waals surface area contributed by atoms with Gasteiger partial charge in [-0.3, -0.25) is 4.79 Å². The fourth-order valence-electron chi connectivity index (χ4n) is 4.90. The molecule has 2 heterocycles. The minimum atomic E-state index is -4.57. The van der Waals surface area contributed by atoms with Gasteiger partial charge in [-0.2, -0.15) is 13.2 Å². The number of nitrogens with zero attached hydrogens (tertiary/aromatic N) is 3. The van der Waals surface area contributed by atoms with Crippen LogP contribution in [-0.4, -0.2) is 40.4 Å². The van der Waals surface area contributed by atoms with Gasteiger partial charge in [0, 0.05) is 18.4 Å². The normalized spacial score (nSPS) is 16.5. The van der Waals surface area contributed by atoms with Crippen molar-refractivity contribution in [1.29, 1.82) is 0 Å². The molecule has 4 rings (SSSR count). The molecule has 0 bridgehead atoms. The smallest absolute Gasteiger partial charge is 0.369 e. The van der Waals surface area contributed by atoms with Gasteiger partial charge in [0.1, 0.15) is 0 Å². The van der Waals surface area contributed by atoms with E-state index in [0.29, 0.717) is 17.2 Å². The fourth-order valence-corrected chi connectivity index (χ4v) is 4.90. The fraction of sp³-hybridized carbons (Fsp3) is 0.393. The molecule has 1 saturated heterocycles. The summed E-state index contributed by atoms with van der Waals surface area (Å²) in [4.78, 5) is 22.0. The lowest BCUT2D eigenvalue weighted by Gasteiger charge is -2.32. The monoisotopic (exact) mass is 511 g/mol. The third-order valence-corrected chi connectivity index (χ3v) is 6.88. The Labute approximate surface area is 215 Å². The number of aryl methyl sites for hydroxylation is 2. The molecule has 6 nitrogen and oxygen atoms in total. The average molecular weight is 512 g/mol. The molecule has 1 aliphatic heterocycles. The number of primary amides is 1. The van der Waals surface area contributed by atoms with Crippen LogP contribution < -0.4 is 11.1 Å². The maximum absolute atomic E-state index is 13.7. The van der Waals surface area contributed by atoms with E-state index in [-0.39, 0.29) is 30.9 Å². The molecule has 2 aromatic carbocycles. The minimum Gasteiger partial charge on any atom is -0.369 e. The standard InChI is InChI=1S/C28H32F3N5O/c1-2-36-15-5-8-22(18-36)20-9-12-23(13-10-20)34-27-33-17-24(28(29,30)31)25(35-27)14-11-19-6-3-4-7-21(19)16-26(32)37/h3-4,6-7,9-10,12-13,17,22H,2,5,8,11,14-16,18H2,1H3,(H2,32,37)(H,33,34,35). The summed E-state index contributed by atoms with van der Waals surface area (Å²) in [5, 5.41) is 3.05. The summed E-state index contributed by atoms with van der Waals surface area (Å²) in [6.07, 6.45) is -1.06. The Morgan fingerprint density at radius 3 is 2.51 bits per heavy atom. The van der Waals surface area contributed by atoms with Crippen molar-refractivity contribution >= 4 is 17.5 Å². The predicted octanol–water partition coefficient (Wildman–Crippen LogP) is 5.25. The van der Waals surface area contributed by atoms with E-state index in [0.717, 1.165) is 37.8 Å². The van der Waals surface area contributed by atoms with E-state index in [9.17, 15) is 18.0 Å². The molecule has 1 aromatic heterocycles. The number of nitrogens with two attached hydrogens (primary N) is 1. The molecular weight excluding hydrogens is 479 g/mol. The number of hydrogen-bond acceptors (Lipinski definition) is 5. The molecule has 1 aliphatic rings. The molecule has 3 aromatic rings. The number of carbonyl (C=O) groups is 1. The van der Waals surface area contributed by atoms with Crippen molar-refractivity contribution in [3.63, 3.8) is 0 Å². The summed E-state index contributed by atoms with van der Waals surface area (Å²) >= 11 is 0. The predicted molar refractivity (Wildman–Crippen MR) is 138 cm³/mol. The number of anilines is 2. The van der Waals surface area contributed by atoms with Crippen LogP contribution in [0.1, 0.15) is 53.6 Å². The maximum atomic E-state index is 13.7. The minimum absolute atomic E-state index is 0.0339. The summed E-state index contributed by atoms with van der Waals surface area (Å²) < 4.78 is 41.1. The summed E-state index contributed by atoms with van der Waals surface area (Å²) in [5.41, 5.74) is 7.80. The van der Waals surface area contributed by atoms with Crippen molar-refractivity contribution in [3.05, 3.63) is 82.7 Å². The van der Waals surface area contributed by atoms with Crippen LogP contribution in [0.5, 0.6) is 0 Å². The second kappa shape index (κ2) is 11.7. The van der Waals surface area contributed by atoms with Gasteiger partial charge in [-0.15, -0.1) is 0 Å². The zero-order valence-electron chi connectivity index (χ0n) is 20.9. The average Bonchev–Trinajstić information content (AvgIpc) is 2.88. The van der Waals surface area contributed by atoms with Gasteiger partial charge < -0.3 is 16.0 Å². The molecule has 1 fully saturated rings. The number of amides is 1. The lowest BCUT2D eigenvalue weighted by Crippen LogP contribution is -2.34. The number of likely N-dealkylation sites (N-methyl/N-ethyl adjacent to an activating group) is 1. The van der Waals surface area contributed by atoms with E-state index in [1.807, 2.05) is 12.1 Å². The molecule has 1 amide bonds. The number of alkyl halides is 3. The third kappa shape index (κ3) is 7.07. The first-order chi connectivity index (χ1) is 17.7. The molecule has 0 saturated carbocycles. The largest absolute Gasteiger partial charge is 0.419 e. The molecule has 196 valence electrons. The van der Waals surface area contributed by atoms with Crippen LogP contribution in [0.25, 0.3) is 0 Å². The first kappa shape index (κ1) is 26.6. The van der Waals surface area contributed by atoms with Gasteiger partial charge in [-0.1, -0.05) is 43.3 Å². The van der Waals surface area contributed by atoms with Gasteiger partial charge in [0.25, 0.3) is 0 Å². The van der Waals surface area contributed by atoms with Crippen molar-refractivity contribution in [2.24, 2.45) is 5.73 Å². The van der Waals surface area contributed by atoms with Crippen molar-refractivity contribution < 1.29 is 18.0 Å². The van der Waals surface area contributed by atoms with E-state index >= 15 is 0 Å². The van der Waals surface area contributed by atoms with Crippen LogP contribution >= 0.6 is 0 Å². The number of hydrogen-bond donors (Lipinski definition) is 2. The zero-order valence-corrected chi connectivity index (χ0v) is 20.9. The second-order valence-electron chi connectivity index (χ2n) is 9.44. The topological polar surface area (TPSA) is 84.1 Å². The Balaban J connectivity index is 1.50. The molecule has 1 atom stereocenters. The van der Waals surface area contributed by atoms with Gasteiger partial charge in [-0.25, -0.2) is 9.97 Å². The number of piperidine rings is 1. The van der Waals surface area contributed by atoms with Crippen LogP contribution in [0.4, 0.5) is 24.8 Å². The molecule has 0 aliphatic carbocycles. The number of carbonyl (C=O) groups excluding carboxylic acids is 1. The SMILES string of the molecule is CCN1CCCC(c2ccc(Nc3ncc(C(F)(F)F)c(CCc4ccccc4CC(N)=O)n3)cc2)C1. The highest BCUT2D eigenvalue weighted by atomic mass is 19.4. The summed E-state index contributed by atoms with van der Waals surface area (Å²) in [7, 11) is 0. The van der Waals surface area contributed by atoms with Crippen LogP contribution in [0, 0.1) is 0 Å². The third-order valence-electron chi connectivity index (χ3n) is 6.88. The Bertz CT molecular complexity index is 1210.